The Kier molecular flexibility index (Phi) is 3.54. The van der Waals surface area contributed by atoms with Crippen LogP contribution in [0.25, 0.3) is 11.1 Å². The first kappa shape index (κ1) is 14.1. The van der Waals surface area contributed by atoms with Crippen LogP contribution in [0.1, 0.15) is 11.5 Å². The van der Waals surface area contributed by atoms with Crippen molar-refractivity contribution in [2.75, 3.05) is 19.5 Å². The first-order chi connectivity index (χ1) is 10.6. The molecular weight excluding hydrogens is 284 g/mol. The summed E-state index contributed by atoms with van der Waals surface area (Å²) in [6, 6.07) is 5.49. The van der Waals surface area contributed by atoms with Gasteiger partial charge in [-0.2, -0.15) is 4.98 Å². The lowest BCUT2D eigenvalue weighted by Crippen LogP contribution is -2.00. The third-order valence-electron chi connectivity index (χ3n) is 3.28. The molecule has 0 aliphatic rings. The van der Waals surface area contributed by atoms with Gasteiger partial charge >= 0.3 is 0 Å². The summed E-state index contributed by atoms with van der Waals surface area (Å²) >= 11 is 0. The molecule has 114 valence electrons. The maximum Gasteiger partial charge on any atom is 0.263 e. The van der Waals surface area contributed by atoms with Gasteiger partial charge < -0.3 is 19.3 Å². The second-order valence-electron chi connectivity index (χ2n) is 4.76. The number of hydrogen-bond donors (Lipinski definition) is 1. The van der Waals surface area contributed by atoms with Crippen LogP contribution in [-0.2, 0) is 0 Å². The van der Waals surface area contributed by atoms with E-state index < -0.39 is 0 Å². The molecule has 0 aliphatic heterocycles. The van der Waals surface area contributed by atoms with Crippen molar-refractivity contribution in [3.63, 3.8) is 0 Å². The Morgan fingerprint density at radius 2 is 1.91 bits per heavy atom. The molecule has 7 nitrogen and oxygen atoms in total. The quantitative estimate of drug-likeness (QED) is 0.793. The lowest BCUT2D eigenvalue weighted by molar-refractivity contribution is 0.405. The summed E-state index contributed by atoms with van der Waals surface area (Å²) in [5.41, 5.74) is 1.91. The van der Waals surface area contributed by atoms with Crippen LogP contribution in [0.4, 0.5) is 11.5 Å². The fraction of sp³-hybridized carbons (Fsp3) is 0.267. The summed E-state index contributed by atoms with van der Waals surface area (Å²) in [6.07, 6.45) is 0. The van der Waals surface area contributed by atoms with Gasteiger partial charge in [-0.05, 0) is 26.0 Å². The molecular formula is C15H16N4O3. The lowest BCUT2D eigenvalue weighted by Gasteiger charge is -2.12. The van der Waals surface area contributed by atoms with E-state index >= 15 is 0 Å². The van der Waals surface area contributed by atoms with Gasteiger partial charge in [0.05, 0.1) is 25.6 Å². The molecule has 0 bridgehead atoms. The highest BCUT2D eigenvalue weighted by Gasteiger charge is 2.15. The smallest absolute Gasteiger partial charge is 0.263 e. The molecule has 0 saturated heterocycles. The maximum atomic E-state index is 5.37. The summed E-state index contributed by atoms with van der Waals surface area (Å²) in [5, 5.41) is 7.94. The molecule has 3 aromatic rings. The second kappa shape index (κ2) is 5.51. The maximum absolute atomic E-state index is 5.37. The van der Waals surface area contributed by atoms with E-state index in [9.17, 15) is 0 Å². The van der Waals surface area contributed by atoms with E-state index in [2.05, 4.69) is 20.4 Å². The molecule has 0 radical (unpaired) electrons. The Hall–Kier alpha value is -2.83. The number of nitrogens with zero attached hydrogens (tertiary/aromatic N) is 3. The van der Waals surface area contributed by atoms with E-state index in [4.69, 9.17) is 14.0 Å². The number of anilines is 2. The SMILES string of the molecule is COc1ccc(OC)c(Nc2nc(C)nc3onc(C)c23)c1. The fourth-order valence-corrected chi connectivity index (χ4v) is 2.23. The van der Waals surface area contributed by atoms with Gasteiger partial charge in [0.1, 0.15) is 28.5 Å². The van der Waals surface area contributed by atoms with Gasteiger partial charge in [0.2, 0.25) is 0 Å². The minimum absolute atomic E-state index is 0.453. The van der Waals surface area contributed by atoms with Crippen molar-refractivity contribution in [3.8, 4) is 11.5 Å². The largest absolute Gasteiger partial charge is 0.497 e. The van der Waals surface area contributed by atoms with E-state index in [-0.39, 0.29) is 0 Å². The van der Waals surface area contributed by atoms with Gasteiger partial charge in [0, 0.05) is 6.07 Å². The Morgan fingerprint density at radius 3 is 2.64 bits per heavy atom. The molecule has 0 amide bonds. The monoisotopic (exact) mass is 300 g/mol. The van der Waals surface area contributed by atoms with Crippen LogP contribution in [0.15, 0.2) is 22.7 Å². The lowest BCUT2D eigenvalue weighted by atomic mass is 10.2. The Balaban J connectivity index is 2.12. The zero-order chi connectivity index (χ0) is 15.7. The van der Waals surface area contributed by atoms with Crippen LogP contribution in [0, 0.1) is 13.8 Å². The van der Waals surface area contributed by atoms with E-state index in [1.807, 2.05) is 25.1 Å². The number of nitrogens with one attached hydrogen (secondary N) is 1. The summed E-state index contributed by atoms with van der Waals surface area (Å²) in [6.45, 7) is 3.64. The molecule has 0 aliphatic carbocycles. The normalized spacial score (nSPS) is 10.7. The molecule has 0 saturated carbocycles. The first-order valence-corrected chi connectivity index (χ1v) is 6.72. The molecule has 2 heterocycles. The van der Waals surface area contributed by atoms with Crippen molar-refractivity contribution in [1.82, 2.24) is 15.1 Å². The van der Waals surface area contributed by atoms with Crippen LogP contribution in [0.2, 0.25) is 0 Å². The molecule has 3 rings (SSSR count). The Morgan fingerprint density at radius 1 is 1.09 bits per heavy atom. The topological polar surface area (TPSA) is 82.3 Å². The van der Waals surface area contributed by atoms with E-state index in [0.717, 1.165) is 16.8 Å². The molecule has 7 heteroatoms. The molecule has 1 N–H and O–H groups in total. The predicted molar refractivity (Wildman–Crippen MR) is 81.9 cm³/mol. The van der Waals surface area contributed by atoms with Crippen molar-refractivity contribution < 1.29 is 14.0 Å². The highest BCUT2D eigenvalue weighted by atomic mass is 16.5. The van der Waals surface area contributed by atoms with Crippen molar-refractivity contribution in [2.45, 2.75) is 13.8 Å². The molecule has 22 heavy (non-hydrogen) atoms. The van der Waals surface area contributed by atoms with Crippen molar-refractivity contribution in [1.29, 1.82) is 0 Å². The third-order valence-corrected chi connectivity index (χ3v) is 3.28. The number of benzene rings is 1. The van der Waals surface area contributed by atoms with Crippen molar-refractivity contribution in [2.24, 2.45) is 0 Å². The van der Waals surface area contributed by atoms with Gasteiger partial charge in [-0.15, -0.1) is 0 Å². The number of methoxy groups -OCH3 is 2. The molecule has 0 spiro atoms. The Bertz CT molecular complexity index is 829. The van der Waals surface area contributed by atoms with Crippen LogP contribution in [0.5, 0.6) is 11.5 Å². The summed E-state index contributed by atoms with van der Waals surface area (Å²) in [4.78, 5) is 8.68. The van der Waals surface area contributed by atoms with Gasteiger partial charge in [-0.25, -0.2) is 4.98 Å². The van der Waals surface area contributed by atoms with E-state index in [0.29, 0.717) is 28.9 Å². The Labute approximate surface area is 127 Å². The molecule has 0 atom stereocenters. The second-order valence-corrected chi connectivity index (χ2v) is 4.76. The van der Waals surface area contributed by atoms with Crippen LogP contribution < -0.4 is 14.8 Å². The molecule has 0 unspecified atom stereocenters. The highest BCUT2D eigenvalue weighted by molar-refractivity contribution is 5.90. The highest BCUT2D eigenvalue weighted by Crippen LogP contribution is 2.33. The average Bonchev–Trinajstić information content (AvgIpc) is 2.88. The minimum atomic E-state index is 0.453. The average molecular weight is 300 g/mol. The number of hydrogen-bond acceptors (Lipinski definition) is 7. The number of aromatic nitrogens is 3. The van der Waals surface area contributed by atoms with Gasteiger partial charge in [0.15, 0.2) is 0 Å². The van der Waals surface area contributed by atoms with Crippen molar-refractivity contribution in [3.05, 3.63) is 29.7 Å². The number of ether oxygens (including phenoxy) is 2. The summed E-state index contributed by atoms with van der Waals surface area (Å²) in [7, 11) is 3.22. The zero-order valence-corrected chi connectivity index (χ0v) is 12.8. The van der Waals surface area contributed by atoms with Gasteiger partial charge in [-0.3, -0.25) is 0 Å². The minimum Gasteiger partial charge on any atom is -0.497 e. The fourth-order valence-electron chi connectivity index (χ4n) is 2.23. The first-order valence-electron chi connectivity index (χ1n) is 6.72. The summed E-state index contributed by atoms with van der Waals surface area (Å²) < 4.78 is 15.8. The standard InChI is InChI=1S/C15H16N4O3/c1-8-13-14(16-9(2)17-15(13)22-19-8)18-11-7-10(20-3)5-6-12(11)21-4/h5-7H,1-4H3,(H,16,17,18). The molecule has 1 aromatic carbocycles. The van der Waals surface area contributed by atoms with Crippen LogP contribution in [0.3, 0.4) is 0 Å². The third kappa shape index (κ3) is 2.41. The number of aryl methyl sites for hydroxylation is 2. The molecule has 0 fully saturated rings. The van der Waals surface area contributed by atoms with E-state index in [1.54, 1.807) is 21.1 Å². The number of rotatable bonds is 4. The zero-order valence-electron chi connectivity index (χ0n) is 12.8. The van der Waals surface area contributed by atoms with Gasteiger partial charge in [-0.1, -0.05) is 5.16 Å². The van der Waals surface area contributed by atoms with E-state index in [1.165, 1.54) is 0 Å². The predicted octanol–water partition coefficient (Wildman–Crippen LogP) is 3.00. The number of fused-ring (bicyclic) bond motifs is 1. The van der Waals surface area contributed by atoms with Gasteiger partial charge in [0.25, 0.3) is 5.71 Å². The molecule has 2 aromatic heterocycles. The summed E-state index contributed by atoms with van der Waals surface area (Å²) in [5.74, 6) is 2.60. The van der Waals surface area contributed by atoms with Crippen LogP contribution in [-0.4, -0.2) is 29.3 Å². The van der Waals surface area contributed by atoms with Crippen LogP contribution >= 0.6 is 0 Å². The van der Waals surface area contributed by atoms with Crippen molar-refractivity contribution >= 4 is 22.6 Å².